The number of benzene rings is 1. The van der Waals surface area contributed by atoms with E-state index in [0.717, 1.165) is 18.4 Å². The van der Waals surface area contributed by atoms with Crippen molar-refractivity contribution >= 4 is 39.3 Å². The van der Waals surface area contributed by atoms with Gasteiger partial charge in [-0.05, 0) is 57.7 Å². The largest absolute Gasteiger partial charge is 0.444 e. The molecule has 1 aromatic rings. The second kappa shape index (κ2) is 9.00. The molecule has 1 aromatic carbocycles. The molecule has 0 spiro atoms. The van der Waals surface area contributed by atoms with E-state index in [1.165, 1.54) is 10.6 Å². The van der Waals surface area contributed by atoms with E-state index < -0.39 is 21.0 Å². The smallest absolute Gasteiger partial charge is 0.410 e. The van der Waals surface area contributed by atoms with Crippen molar-refractivity contribution in [2.75, 3.05) is 32.9 Å². The van der Waals surface area contributed by atoms with Crippen LogP contribution in [0.1, 0.15) is 45.6 Å². The lowest BCUT2D eigenvalue weighted by atomic mass is 9.71. The van der Waals surface area contributed by atoms with Gasteiger partial charge in [-0.15, -0.1) is 0 Å². The number of halogens is 2. The maximum Gasteiger partial charge on any atom is 0.410 e. The van der Waals surface area contributed by atoms with E-state index in [2.05, 4.69) is 0 Å². The molecule has 1 fully saturated rings. The molecule has 9 heteroatoms. The summed E-state index contributed by atoms with van der Waals surface area (Å²) in [6, 6.07) is 5.48. The van der Waals surface area contributed by atoms with Gasteiger partial charge in [0, 0.05) is 32.1 Å². The first kappa shape index (κ1) is 24.3. The Morgan fingerprint density at radius 2 is 1.93 bits per heavy atom. The summed E-state index contributed by atoms with van der Waals surface area (Å²) in [6.45, 7) is 6.87. The predicted octanol–water partition coefficient (Wildman–Crippen LogP) is 4.54. The molecule has 1 amide bonds. The Balaban J connectivity index is 2.35. The van der Waals surface area contributed by atoms with Crippen LogP contribution in [0.25, 0.3) is 0 Å². The van der Waals surface area contributed by atoms with Gasteiger partial charge in [0.25, 0.3) is 0 Å². The summed E-state index contributed by atoms with van der Waals surface area (Å²) in [4.78, 5) is 14.4. The number of hydrogen-bond donors (Lipinski definition) is 0. The topological polar surface area (TPSA) is 66.9 Å². The Bertz CT molecular complexity index is 855. The molecule has 164 valence electrons. The van der Waals surface area contributed by atoms with E-state index in [1.807, 2.05) is 32.9 Å². The van der Waals surface area contributed by atoms with E-state index in [9.17, 15) is 13.2 Å². The zero-order chi connectivity index (χ0) is 22.0. The number of rotatable bonds is 5. The van der Waals surface area contributed by atoms with Gasteiger partial charge in [-0.3, -0.25) is 0 Å². The monoisotopic (exact) mass is 464 g/mol. The zero-order valence-corrected chi connectivity index (χ0v) is 20.0. The van der Waals surface area contributed by atoms with Crippen LogP contribution in [0.15, 0.2) is 18.2 Å². The normalized spacial score (nSPS) is 20.8. The molecule has 1 aliphatic rings. The summed E-state index contributed by atoms with van der Waals surface area (Å²) in [7, 11) is -1.74. The molecule has 1 atom stereocenters. The van der Waals surface area contributed by atoms with Crippen molar-refractivity contribution in [1.29, 1.82) is 0 Å². The number of likely N-dealkylation sites (tertiary alicyclic amines) is 1. The average Bonchev–Trinajstić information content (AvgIpc) is 2.60. The van der Waals surface area contributed by atoms with Gasteiger partial charge in [0.15, 0.2) is 0 Å². The summed E-state index contributed by atoms with van der Waals surface area (Å²) in [6.07, 6.45) is 2.96. The van der Waals surface area contributed by atoms with Crippen LogP contribution < -0.4 is 0 Å². The summed E-state index contributed by atoms with van der Waals surface area (Å²) >= 11 is 12.4. The van der Waals surface area contributed by atoms with Crippen molar-refractivity contribution in [1.82, 2.24) is 9.21 Å². The molecule has 6 nitrogen and oxygen atoms in total. The predicted molar refractivity (Wildman–Crippen MR) is 117 cm³/mol. The maximum absolute atomic E-state index is 12.7. The molecule has 0 N–H and O–H groups in total. The molecule has 29 heavy (non-hydrogen) atoms. The molecule has 0 bridgehead atoms. The first-order chi connectivity index (χ1) is 13.2. The van der Waals surface area contributed by atoms with E-state index in [0.29, 0.717) is 36.1 Å². The third kappa shape index (κ3) is 6.48. The van der Waals surface area contributed by atoms with Crippen molar-refractivity contribution in [3.8, 4) is 0 Å². The highest BCUT2D eigenvalue weighted by atomic mass is 35.5. The zero-order valence-electron chi connectivity index (χ0n) is 17.7. The van der Waals surface area contributed by atoms with Gasteiger partial charge in [-0.1, -0.05) is 29.3 Å². The van der Waals surface area contributed by atoms with Crippen LogP contribution in [0.4, 0.5) is 4.79 Å². The molecular formula is C20H30Cl2N2O4S. The van der Waals surface area contributed by atoms with Crippen LogP contribution in [0.3, 0.4) is 0 Å². The second-order valence-corrected chi connectivity index (χ2v) is 11.7. The molecule has 0 radical (unpaired) electrons. The summed E-state index contributed by atoms with van der Waals surface area (Å²) in [5, 5.41) is 0.896. The fourth-order valence-electron chi connectivity index (χ4n) is 3.56. The number of hydrogen-bond acceptors (Lipinski definition) is 4. The Morgan fingerprint density at radius 3 is 2.48 bits per heavy atom. The summed E-state index contributed by atoms with van der Waals surface area (Å²) in [5.41, 5.74) is -0.0818. The molecular weight excluding hydrogens is 435 g/mol. The quantitative estimate of drug-likeness (QED) is 0.640. The van der Waals surface area contributed by atoms with Crippen LogP contribution in [-0.4, -0.2) is 62.3 Å². The average molecular weight is 465 g/mol. The molecule has 0 saturated carbocycles. The Hall–Kier alpha value is -1.02. The van der Waals surface area contributed by atoms with Crippen molar-refractivity contribution in [3.63, 3.8) is 0 Å². The van der Waals surface area contributed by atoms with E-state index in [4.69, 9.17) is 27.9 Å². The minimum absolute atomic E-state index is 0.335. The highest BCUT2D eigenvalue weighted by molar-refractivity contribution is 7.88. The highest BCUT2D eigenvalue weighted by Crippen LogP contribution is 2.40. The Morgan fingerprint density at radius 1 is 1.28 bits per heavy atom. The summed E-state index contributed by atoms with van der Waals surface area (Å²) < 4.78 is 30.6. The first-order valence-electron chi connectivity index (χ1n) is 9.58. The maximum atomic E-state index is 12.7. The first-order valence-corrected chi connectivity index (χ1v) is 12.2. The van der Waals surface area contributed by atoms with Crippen LogP contribution in [0, 0.1) is 0 Å². The lowest BCUT2D eigenvalue weighted by molar-refractivity contribution is 0.0124. The number of carbonyl (C=O) groups is 1. The van der Waals surface area contributed by atoms with Gasteiger partial charge in [-0.25, -0.2) is 17.5 Å². The van der Waals surface area contributed by atoms with E-state index >= 15 is 0 Å². The molecule has 1 aliphatic heterocycles. The van der Waals surface area contributed by atoms with Crippen LogP contribution in [0.2, 0.25) is 10.0 Å². The molecule has 2 rings (SSSR count). The SMILES string of the molecule is CN(CCC1(c2ccc(Cl)c(Cl)c2)CCCN(C(=O)OC(C)(C)C)C1)S(C)(=O)=O. The fraction of sp³-hybridized carbons (Fsp3) is 0.650. The van der Waals surface area contributed by atoms with Gasteiger partial charge < -0.3 is 9.64 Å². The Labute approximate surface area is 184 Å². The van der Waals surface area contributed by atoms with Gasteiger partial charge >= 0.3 is 6.09 Å². The number of carbonyl (C=O) groups excluding carboxylic acids is 1. The van der Waals surface area contributed by atoms with Crippen molar-refractivity contribution < 1.29 is 17.9 Å². The minimum Gasteiger partial charge on any atom is -0.444 e. The third-order valence-electron chi connectivity index (χ3n) is 5.23. The van der Waals surface area contributed by atoms with E-state index in [-0.39, 0.29) is 6.09 Å². The number of piperidine rings is 1. The summed E-state index contributed by atoms with van der Waals surface area (Å²) in [5.74, 6) is 0. The van der Waals surface area contributed by atoms with Gasteiger partial charge in [-0.2, -0.15) is 0 Å². The second-order valence-electron chi connectivity index (χ2n) is 8.75. The van der Waals surface area contributed by atoms with Crippen molar-refractivity contribution in [2.45, 2.75) is 51.0 Å². The molecule has 1 saturated heterocycles. The van der Waals surface area contributed by atoms with Crippen LogP contribution in [0.5, 0.6) is 0 Å². The molecule has 0 aliphatic carbocycles. The highest BCUT2D eigenvalue weighted by Gasteiger charge is 2.40. The lowest BCUT2D eigenvalue weighted by Crippen LogP contribution is -2.51. The van der Waals surface area contributed by atoms with Crippen LogP contribution >= 0.6 is 23.2 Å². The molecule has 1 heterocycles. The molecule has 1 unspecified atom stereocenters. The standard InChI is InChI=1S/C20H30Cl2N2O4S/c1-19(2,3)28-18(25)24-11-6-9-20(14-24,10-12-23(4)29(5,26)27)15-7-8-16(21)17(22)13-15/h7-8,13H,6,9-12,14H2,1-5H3. The minimum atomic E-state index is -3.30. The number of sulfonamides is 1. The van der Waals surface area contributed by atoms with Crippen molar-refractivity contribution in [2.24, 2.45) is 0 Å². The van der Waals surface area contributed by atoms with Gasteiger partial charge in [0.2, 0.25) is 10.0 Å². The number of amides is 1. The number of nitrogens with zero attached hydrogens (tertiary/aromatic N) is 2. The van der Waals surface area contributed by atoms with Gasteiger partial charge in [0.05, 0.1) is 16.3 Å². The van der Waals surface area contributed by atoms with Crippen molar-refractivity contribution in [3.05, 3.63) is 33.8 Å². The lowest BCUT2D eigenvalue weighted by Gasteiger charge is -2.44. The third-order valence-corrected chi connectivity index (χ3v) is 7.29. The van der Waals surface area contributed by atoms with E-state index in [1.54, 1.807) is 18.0 Å². The molecule has 0 aromatic heterocycles. The number of ether oxygens (including phenoxy) is 1. The van der Waals surface area contributed by atoms with Crippen LogP contribution in [-0.2, 0) is 20.2 Å². The Kier molecular flexibility index (Phi) is 7.53. The van der Waals surface area contributed by atoms with Gasteiger partial charge in [0.1, 0.15) is 5.60 Å². The fourth-order valence-corrected chi connectivity index (χ4v) is 4.28.